The number of aromatic hydroxyl groups is 1. The lowest BCUT2D eigenvalue weighted by molar-refractivity contribution is 0.102. The fourth-order valence-corrected chi connectivity index (χ4v) is 1.98. The summed E-state index contributed by atoms with van der Waals surface area (Å²) in [5.41, 5.74) is 5.57. The highest BCUT2D eigenvalue weighted by Crippen LogP contribution is 2.28. The second-order valence-corrected chi connectivity index (χ2v) is 4.65. The number of hydrogen-bond acceptors (Lipinski definition) is 3. The fourth-order valence-electron chi connectivity index (χ4n) is 1.54. The van der Waals surface area contributed by atoms with Gasteiger partial charge in [-0.1, -0.05) is 12.1 Å². The molecule has 1 amide bonds. The Labute approximate surface area is 117 Å². The molecule has 0 bridgehead atoms. The van der Waals surface area contributed by atoms with Crippen molar-refractivity contribution in [3.8, 4) is 5.75 Å². The van der Waals surface area contributed by atoms with Gasteiger partial charge in [-0.05, 0) is 40.2 Å². The summed E-state index contributed by atoms with van der Waals surface area (Å²) in [5.74, 6) is -1.55. The predicted molar refractivity (Wildman–Crippen MR) is 74.6 cm³/mol. The molecule has 0 heterocycles. The zero-order chi connectivity index (χ0) is 14.0. The number of para-hydroxylation sites is 2. The standard InChI is InChI=1S/C13H10BrFN2O2/c14-8-4-2-5-9(15)11(8)17-13(19)7-3-1-6-10(16)12(7)18/h1-6,18H,16H2,(H,17,19). The Hall–Kier alpha value is -2.08. The van der Waals surface area contributed by atoms with E-state index in [1.54, 1.807) is 6.07 Å². The lowest BCUT2D eigenvalue weighted by Gasteiger charge is -2.10. The van der Waals surface area contributed by atoms with E-state index in [-0.39, 0.29) is 22.7 Å². The van der Waals surface area contributed by atoms with Gasteiger partial charge in [0.15, 0.2) is 5.75 Å². The summed E-state index contributed by atoms with van der Waals surface area (Å²) in [6.07, 6.45) is 0. The molecule has 4 nitrogen and oxygen atoms in total. The van der Waals surface area contributed by atoms with Gasteiger partial charge in [-0.25, -0.2) is 4.39 Å². The monoisotopic (exact) mass is 324 g/mol. The first-order valence-corrected chi connectivity index (χ1v) is 6.13. The minimum Gasteiger partial charge on any atom is -0.505 e. The number of hydrogen-bond donors (Lipinski definition) is 3. The van der Waals surface area contributed by atoms with Crippen LogP contribution >= 0.6 is 15.9 Å². The number of anilines is 2. The van der Waals surface area contributed by atoms with Crippen LogP contribution in [0.25, 0.3) is 0 Å². The first kappa shape index (κ1) is 13.4. The van der Waals surface area contributed by atoms with Gasteiger partial charge in [0.1, 0.15) is 5.82 Å². The SMILES string of the molecule is Nc1cccc(C(=O)Nc2c(F)cccc2Br)c1O. The molecule has 0 saturated carbocycles. The van der Waals surface area contributed by atoms with Gasteiger partial charge >= 0.3 is 0 Å². The minimum atomic E-state index is -0.643. The number of benzene rings is 2. The van der Waals surface area contributed by atoms with Crippen LogP contribution in [-0.2, 0) is 0 Å². The highest BCUT2D eigenvalue weighted by atomic mass is 79.9. The van der Waals surface area contributed by atoms with Gasteiger partial charge in [0, 0.05) is 4.47 Å². The van der Waals surface area contributed by atoms with E-state index in [2.05, 4.69) is 21.2 Å². The summed E-state index contributed by atoms with van der Waals surface area (Å²) >= 11 is 3.14. The summed E-state index contributed by atoms with van der Waals surface area (Å²) in [6.45, 7) is 0. The van der Waals surface area contributed by atoms with Crippen molar-refractivity contribution < 1.29 is 14.3 Å². The molecule has 0 aliphatic heterocycles. The van der Waals surface area contributed by atoms with Crippen molar-refractivity contribution in [3.63, 3.8) is 0 Å². The molecule has 0 radical (unpaired) electrons. The number of rotatable bonds is 2. The Morgan fingerprint density at radius 3 is 2.63 bits per heavy atom. The van der Waals surface area contributed by atoms with Crippen LogP contribution in [0.3, 0.4) is 0 Å². The second-order valence-electron chi connectivity index (χ2n) is 3.79. The van der Waals surface area contributed by atoms with Gasteiger partial charge in [0.2, 0.25) is 0 Å². The first-order chi connectivity index (χ1) is 9.00. The number of nitrogen functional groups attached to an aromatic ring is 1. The fraction of sp³-hybridized carbons (Fsp3) is 0. The molecule has 4 N–H and O–H groups in total. The Bertz CT molecular complexity index is 626. The maximum atomic E-state index is 13.6. The van der Waals surface area contributed by atoms with Gasteiger partial charge in [-0.15, -0.1) is 0 Å². The van der Waals surface area contributed by atoms with Crippen LogP contribution in [0.5, 0.6) is 5.75 Å². The molecule has 98 valence electrons. The van der Waals surface area contributed by atoms with Crippen molar-refractivity contribution in [3.05, 3.63) is 52.3 Å². The molecule has 0 atom stereocenters. The third kappa shape index (κ3) is 2.68. The zero-order valence-electron chi connectivity index (χ0n) is 9.65. The van der Waals surface area contributed by atoms with Crippen LogP contribution < -0.4 is 11.1 Å². The molecule has 2 aromatic rings. The average Bonchev–Trinajstić information content (AvgIpc) is 2.37. The third-order valence-corrected chi connectivity index (χ3v) is 3.17. The van der Waals surface area contributed by atoms with E-state index in [9.17, 15) is 14.3 Å². The molecule has 0 saturated heterocycles. The van der Waals surface area contributed by atoms with Crippen molar-refractivity contribution in [1.82, 2.24) is 0 Å². The molecule has 0 unspecified atom stereocenters. The number of nitrogens with one attached hydrogen (secondary N) is 1. The highest BCUT2D eigenvalue weighted by molar-refractivity contribution is 9.10. The number of carbonyl (C=O) groups excluding carboxylic acids is 1. The van der Waals surface area contributed by atoms with Crippen molar-refractivity contribution in [2.75, 3.05) is 11.1 Å². The molecular formula is C13H10BrFN2O2. The van der Waals surface area contributed by atoms with Crippen molar-refractivity contribution in [2.45, 2.75) is 0 Å². The van der Waals surface area contributed by atoms with Crippen LogP contribution in [0, 0.1) is 5.82 Å². The molecule has 0 aliphatic rings. The van der Waals surface area contributed by atoms with E-state index in [0.717, 1.165) is 0 Å². The van der Waals surface area contributed by atoms with E-state index in [0.29, 0.717) is 4.47 Å². The Balaban J connectivity index is 2.34. The molecule has 0 aromatic heterocycles. The summed E-state index contributed by atoms with van der Waals surface area (Å²) in [5, 5.41) is 12.1. The molecule has 6 heteroatoms. The number of amides is 1. The van der Waals surface area contributed by atoms with Crippen LogP contribution in [-0.4, -0.2) is 11.0 Å². The van der Waals surface area contributed by atoms with E-state index in [4.69, 9.17) is 5.73 Å². The quantitative estimate of drug-likeness (QED) is 0.586. The summed E-state index contributed by atoms with van der Waals surface area (Å²) in [6, 6.07) is 8.71. The maximum Gasteiger partial charge on any atom is 0.259 e. The van der Waals surface area contributed by atoms with Crippen molar-refractivity contribution in [2.24, 2.45) is 0 Å². The number of carbonyl (C=O) groups is 1. The molecule has 2 rings (SSSR count). The normalized spacial score (nSPS) is 10.2. The molecule has 0 aliphatic carbocycles. The zero-order valence-corrected chi connectivity index (χ0v) is 11.2. The maximum absolute atomic E-state index is 13.6. The first-order valence-electron chi connectivity index (χ1n) is 5.33. The lowest BCUT2D eigenvalue weighted by Crippen LogP contribution is -2.14. The van der Waals surface area contributed by atoms with Crippen molar-refractivity contribution in [1.29, 1.82) is 0 Å². The summed E-state index contributed by atoms with van der Waals surface area (Å²) in [7, 11) is 0. The number of phenols is 1. The van der Waals surface area contributed by atoms with E-state index < -0.39 is 11.7 Å². The van der Waals surface area contributed by atoms with E-state index in [1.165, 1.54) is 30.3 Å². The van der Waals surface area contributed by atoms with Gasteiger partial charge in [-0.2, -0.15) is 0 Å². The smallest absolute Gasteiger partial charge is 0.259 e. The van der Waals surface area contributed by atoms with Crippen molar-refractivity contribution >= 4 is 33.2 Å². The van der Waals surface area contributed by atoms with E-state index >= 15 is 0 Å². The molecule has 2 aromatic carbocycles. The van der Waals surface area contributed by atoms with Gasteiger partial charge in [-0.3, -0.25) is 4.79 Å². The minimum absolute atomic E-state index is 0.00863. The van der Waals surface area contributed by atoms with Crippen LogP contribution in [0.15, 0.2) is 40.9 Å². The molecule has 19 heavy (non-hydrogen) atoms. The Morgan fingerprint density at radius 1 is 1.26 bits per heavy atom. The van der Waals surface area contributed by atoms with Crippen LogP contribution in [0.4, 0.5) is 15.8 Å². The molecule has 0 spiro atoms. The van der Waals surface area contributed by atoms with Gasteiger partial charge < -0.3 is 16.2 Å². The largest absolute Gasteiger partial charge is 0.505 e. The molecule has 0 fully saturated rings. The van der Waals surface area contributed by atoms with Gasteiger partial charge in [0.05, 0.1) is 16.9 Å². The second kappa shape index (κ2) is 5.27. The summed E-state index contributed by atoms with van der Waals surface area (Å²) < 4.78 is 14.0. The lowest BCUT2D eigenvalue weighted by atomic mass is 10.1. The van der Waals surface area contributed by atoms with Gasteiger partial charge in [0.25, 0.3) is 5.91 Å². The molecular weight excluding hydrogens is 315 g/mol. The topological polar surface area (TPSA) is 75.4 Å². The average molecular weight is 325 g/mol. The predicted octanol–water partition coefficient (Wildman–Crippen LogP) is 3.13. The third-order valence-electron chi connectivity index (χ3n) is 2.51. The van der Waals surface area contributed by atoms with Crippen LogP contribution in [0.2, 0.25) is 0 Å². The Morgan fingerprint density at radius 2 is 1.95 bits per heavy atom. The summed E-state index contributed by atoms with van der Waals surface area (Å²) in [4.78, 5) is 12.0. The highest BCUT2D eigenvalue weighted by Gasteiger charge is 2.16. The number of nitrogens with two attached hydrogens (primary N) is 1. The van der Waals surface area contributed by atoms with E-state index in [1.807, 2.05) is 0 Å². The van der Waals surface area contributed by atoms with Crippen LogP contribution in [0.1, 0.15) is 10.4 Å². The number of phenolic OH excluding ortho intramolecular Hbond substituents is 1. The Kier molecular flexibility index (Phi) is 3.71. The number of halogens is 2.